The first-order valence-electron chi connectivity index (χ1n) is 6.57. The minimum atomic E-state index is -0.713. The predicted molar refractivity (Wildman–Crippen MR) is 88.9 cm³/mol. The molecule has 1 aromatic heterocycles. The summed E-state index contributed by atoms with van der Waals surface area (Å²) >= 11 is 9.29. The van der Waals surface area contributed by atoms with Gasteiger partial charge in [0.25, 0.3) is 0 Å². The summed E-state index contributed by atoms with van der Waals surface area (Å²) in [6, 6.07) is 9.20. The second-order valence-electron chi connectivity index (χ2n) is 5.12. The number of amides is 1. The molecule has 7 heteroatoms. The van der Waals surface area contributed by atoms with Gasteiger partial charge in [0.05, 0.1) is 23.9 Å². The van der Waals surface area contributed by atoms with Gasteiger partial charge in [-0.15, -0.1) is 0 Å². The number of aromatic nitrogens is 1. The number of hydrogen-bond donors (Lipinski definition) is 2. The lowest BCUT2D eigenvalue weighted by molar-refractivity contribution is -0.139. The van der Waals surface area contributed by atoms with E-state index in [1.807, 2.05) is 24.3 Å². The van der Waals surface area contributed by atoms with Gasteiger partial charge < -0.3 is 15.8 Å². The topological polar surface area (TPSA) is 77.2 Å². The third kappa shape index (κ3) is 2.69. The Morgan fingerprint density at radius 3 is 2.64 bits per heavy atom. The molecule has 2 aromatic rings. The smallest absolute Gasteiger partial charge is 0.239 e. The van der Waals surface area contributed by atoms with Gasteiger partial charge in [-0.25, -0.2) is 4.98 Å². The number of pyridine rings is 1. The van der Waals surface area contributed by atoms with Crippen LogP contribution in [0.3, 0.4) is 0 Å². The second kappa shape index (κ2) is 5.87. The van der Waals surface area contributed by atoms with Crippen LogP contribution in [0.2, 0.25) is 5.02 Å². The molecule has 1 aromatic carbocycles. The van der Waals surface area contributed by atoms with E-state index in [1.165, 1.54) is 6.20 Å². The van der Waals surface area contributed by atoms with Gasteiger partial charge in [-0.3, -0.25) is 4.79 Å². The molecule has 1 aliphatic rings. The lowest BCUT2D eigenvalue weighted by Gasteiger charge is -2.40. The first-order valence-corrected chi connectivity index (χ1v) is 7.75. The van der Waals surface area contributed by atoms with Crippen molar-refractivity contribution in [1.29, 1.82) is 0 Å². The number of nitrogen functional groups attached to an aromatic ring is 1. The predicted octanol–water partition coefficient (Wildman–Crippen LogP) is 2.99. The van der Waals surface area contributed by atoms with Crippen LogP contribution in [-0.2, 0) is 14.9 Å². The van der Waals surface area contributed by atoms with Gasteiger partial charge in [0, 0.05) is 10.7 Å². The monoisotopic (exact) mass is 381 g/mol. The van der Waals surface area contributed by atoms with Crippen LogP contribution in [0.5, 0.6) is 0 Å². The summed E-state index contributed by atoms with van der Waals surface area (Å²) in [4.78, 5) is 16.7. The van der Waals surface area contributed by atoms with Crippen molar-refractivity contribution in [3.63, 3.8) is 0 Å². The highest BCUT2D eigenvalue weighted by molar-refractivity contribution is 9.10. The van der Waals surface area contributed by atoms with Gasteiger partial charge in [-0.2, -0.15) is 0 Å². The summed E-state index contributed by atoms with van der Waals surface area (Å²) in [5.41, 5.74) is 6.36. The van der Waals surface area contributed by atoms with Gasteiger partial charge >= 0.3 is 0 Å². The Morgan fingerprint density at radius 2 is 2.05 bits per heavy atom. The molecule has 0 radical (unpaired) electrons. The van der Waals surface area contributed by atoms with Crippen LogP contribution in [0, 0.1) is 0 Å². The summed E-state index contributed by atoms with van der Waals surface area (Å²) in [5.74, 6) is 0.0424. The van der Waals surface area contributed by atoms with E-state index in [4.69, 9.17) is 22.1 Å². The molecule has 22 heavy (non-hydrogen) atoms. The van der Waals surface area contributed by atoms with Crippen LogP contribution in [0.4, 0.5) is 11.5 Å². The fourth-order valence-corrected chi connectivity index (χ4v) is 2.72. The number of nitrogens with zero attached hydrogens (tertiary/aromatic N) is 1. The zero-order valence-corrected chi connectivity index (χ0v) is 13.8. The Balaban J connectivity index is 1.89. The number of carbonyl (C=O) groups excluding carboxylic acids is 1. The molecular formula is C15H13BrClN3O2. The highest BCUT2D eigenvalue weighted by Gasteiger charge is 2.47. The number of ether oxygens (including phenoxy) is 1. The third-order valence-electron chi connectivity index (χ3n) is 3.66. The van der Waals surface area contributed by atoms with Gasteiger partial charge in [-0.05, 0) is 23.8 Å². The molecule has 0 aliphatic carbocycles. The Kier molecular flexibility index (Phi) is 4.08. The number of benzene rings is 1. The maximum absolute atomic E-state index is 12.7. The van der Waals surface area contributed by atoms with Crippen molar-refractivity contribution >= 4 is 44.9 Å². The van der Waals surface area contributed by atoms with Crippen molar-refractivity contribution in [3.05, 3.63) is 51.6 Å². The van der Waals surface area contributed by atoms with Crippen molar-refractivity contribution in [2.75, 3.05) is 24.3 Å². The molecule has 114 valence electrons. The lowest BCUT2D eigenvalue weighted by Crippen LogP contribution is -2.55. The Labute approximate surface area is 140 Å². The van der Waals surface area contributed by atoms with Crippen molar-refractivity contribution in [1.82, 2.24) is 4.98 Å². The van der Waals surface area contributed by atoms with E-state index in [9.17, 15) is 4.79 Å². The van der Waals surface area contributed by atoms with Gasteiger partial charge in [-0.1, -0.05) is 39.7 Å². The molecule has 0 atom stereocenters. The third-order valence-corrected chi connectivity index (χ3v) is 4.40. The Bertz CT molecular complexity index is 717. The number of rotatable bonds is 3. The van der Waals surface area contributed by atoms with E-state index in [2.05, 4.69) is 26.2 Å². The summed E-state index contributed by atoms with van der Waals surface area (Å²) in [6.07, 6.45) is 1.43. The van der Waals surface area contributed by atoms with E-state index in [1.54, 1.807) is 6.07 Å². The van der Waals surface area contributed by atoms with E-state index in [-0.39, 0.29) is 11.7 Å². The average molecular weight is 383 g/mol. The molecule has 0 saturated carbocycles. The van der Waals surface area contributed by atoms with Crippen molar-refractivity contribution in [2.24, 2.45) is 0 Å². The minimum absolute atomic E-state index is 0.183. The van der Waals surface area contributed by atoms with Crippen LogP contribution in [0.1, 0.15) is 5.56 Å². The maximum Gasteiger partial charge on any atom is 0.239 e. The zero-order valence-electron chi connectivity index (χ0n) is 11.5. The maximum atomic E-state index is 12.7. The molecule has 1 fully saturated rings. The van der Waals surface area contributed by atoms with Crippen molar-refractivity contribution in [2.45, 2.75) is 5.41 Å². The Morgan fingerprint density at radius 1 is 1.36 bits per heavy atom. The number of carbonyl (C=O) groups is 1. The quantitative estimate of drug-likeness (QED) is 0.855. The molecular weight excluding hydrogens is 370 g/mol. The SMILES string of the molecule is Nc1ncc(Cl)cc1NC(=O)C1(c2ccc(Br)cc2)COC1. The van der Waals surface area contributed by atoms with Gasteiger partial charge in [0.2, 0.25) is 5.91 Å². The highest BCUT2D eigenvalue weighted by Crippen LogP contribution is 2.35. The zero-order chi connectivity index (χ0) is 15.7. The second-order valence-corrected chi connectivity index (χ2v) is 6.47. The van der Waals surface area contributed by atoms with Crippen LogP contribution >= 0.6 is 27.5 Å². The van der Waals surface area contributed by atoms with Gasteiger partial charge in [0.1, 0.15) is 11.2 Å². The first kappa shape index (κ1) is 15.3. The summed E-state index contributed by atoms with van der Waals surface area (Å²) in [6.45, 7) is 0.655. The van der Waals surface area contributed by atoms with E-state index < -0.39 is 5.41 Å². The molecule has 3 rings (SSSR count). The fraction of sp³-hybridized carbons (Fsp3) is 0.200. The van der Waals surface area contributed by atoms with Crippen LogP contribution in [0.15, 0.2) is 41.0 Å². The van der Waals surface area contributed by atoms with Crippen LogP contribution in [0.25, 0.3) is 0 Å². The molecule has 0 spiro atoms. The Hall–Kier alpha value is -1.63. The van der Waals surface area contributed by atoms with Crippen molar-refractivity contribution < 1.29 is 9.53 Å². The summed E-state index contributed by atoms with van der Waals surface area (Å²) in [7, 11) is 0. The lowest BCUT2D eigenvalue weighted by atomic mass is 9.77. The number of anilines is 2. The molecule has 0 unspecified atom stereocenters. The van der Waals surface area contributed by atoms with E-state index in [0.29, 0.717) is 23.9 Å². The van der Waals surface area contributed by atoms with E-state index in [0.717, 1.165) is 10.0 Å². The summed E-state index contributed by atoms with van der Waals surface area (Å²) < 4.78 is 6.24. The molecule has 5 nitrogen and oxygen atoms in total. The minimum Gasteiger partial charge on any atom is -0.382 e. The fourth-order valence-electron chi connectivity index (χ4n) is 2.30. The molecule has 1 saturated heterocycles. The summed E-state index contributed by atoms with van der Waals surface area (Å²) in [5, 5.41) is 3.21. The molecule has 3 N–H and O–H groups in total. The largest absolute Gasteiger partial charge is 0.382 e. The normalized spacial score (nSPS) is 15.9. The number of nitrogens with two attached hydrogens (primary N) is 1. The molecule has 2 heterocycles. The molecule has 1 amide bonds. The highest BCUT2D eigenvalue weighted by atomic mass is 79.9. The molecule has 1 aliphatic heterocycles. The average Bonchev–Trinajstić information content (AvgIpc) is 2.44. The van der Waals surface area contributed by atoms with Crippen LogP contribution in [-0.4, -0.2) is 24.1 Å². The number of halogens is 2. The number of hydrogen-bond acceptors (Lipinski definition) is 4. The number of nitrogens with one attached hydrogen (secondary N) is 1. The molecule has 0 bridgehead atoms. The van der Waals surface area contributed by atoms with Gasteiger partial charge in [0.15, 0.2) is 0 Å². The van der Waals surface area contributed by atoms with Crippen LogP contribution < -0.4 is 11.1 Å². The standard InChI is InChI=1S/C15H13BrClN3O2/c16-10-3-1-9(2-4-10)15(7-22-8-15)14(21)20-12-5-11(17)6-19-13(12)18/h1-6H,7-8H2,(H2,18,19)(H,20,21). The first-order chi connectivity index (χ1) is 10.5. The van der Waals surface area contributed by atoms with E-state index >= 15 is 0 Å². The van der Waals surface area contributed by atoms with Crippen molar-refractivity contribution in [3.8, 4) is 0 Å².